The minimum atomic E-state index is -0.0727. The summed E-state index contributed by atoms with van der Waals surface area (Å²) < 4.78 is 0. The number of hydrogen-bond acceptors (Lipinski definition) is 0. The van der Waals surface area contributed by atoms with Crippen molar-refractivity contribution in [3.05, 3.63) is 155 Å². The lowest BCUT2D eigenvalue weighted by atomic mass is 9.75. The number of fused-ring (bicyclic) bond motifs is 2. The predicted octanol–water partition coefficient (Wildman–Crippen LogP) is 9.54. The summed E-state index contributed by atoms with van der Waals surface area (Å²) in [6.45, 7) is 23.2. The number of rotatable bonds is 3. The molecule has 0 unspecified atom stereocenters. The standard InChI is InChI=1S/C43H46/c1-26-15-19-31(20-16-26)38(32-21-17-27(2)18-22-32)40-39-34-25-36(42(5,6)7)28(3)23-33(34)24-35(39)37(30-13-11-12-14-30)29(4)41(40)43(8,9)10/h11-13,15-25H,14H2,1-10H3. The Balaban J connectivity index is 2.00. The summed E-state index contributed by atoms with van der Waals surface area (Å²) in [5.41, 5.74) is 16.3. The molecule has 0 N–H and O–H groups in total. The highest BCUT2D eigenvalue weighted by Crippen LogP contribution is 2.37. The molecule has 0 heterocycles. The van der Waals surface area contributed by atoms with Crippen molar-refractivity contribution in [1.82, 2.24) is 0 Å². The topological polar surface area (TPSA) is 0 Å². The molecule has 0 heteroatoms. The van der Waals surface area contributed by atoms with Crippen LogP contribution in [0, 0.1) is 38.1 Å². The van der Waals surface area contributed by atoms with Crippen LogP contribution in [0.25, 0.3) is 17.2 Å². The second-order valence-corrected chi connectivity index (χ2v) is 14.9. The molecule has 0 aromatic heterocycles. The Kier molecular flexibility index (Phi) is 7.04. The first-order chi connectivity index (χ1) is 20.3. The summed E-state index contributed by atoms with van der Waals surface area (Å²) in [7, 11) is 0. The molecule has 0 aliphatic heterocycles. The lowest BCUT2D eigenvalue weighted by Crippen LogP contribution is -2.30. The van der Waals surface area contributed by atoms with E-state index in [0.717, 1.165) is 6.42 Å². The summed E-state index contributed by atoms with van der Waals surface area (Å²) >= 11 is 0. The van der Waals surface area contributed by atoms with Crippen LogP contribution in [0.2, 0.25) is 0 Å². The summed E-state index contributed by atoms with van der Waals surface area (Å²) in [4.78, 5) is 0. The minimum absolute atomic E-state index is 0.0563. The van der Waals surface area contributed by atoms with Gasteiger partial charge in [-0.2, -0.15) is 0 Å². The highest BCUT2D eigenvalue weighted by Gasteiger charge is 2.28. The molecule has 43 heavy (non-hydrogen) atoms. The molecule has 4 aromatic carbocycles. The molecule has 4 aromatic rings. The molecule has 0 bridgehead atoms. The molecule has 2 aliphatic carbocycles. The zero-order valence-corrected chi connectivity index (χ0v) is 27.8. The van der Waals surface area contributed by atoms with Crippen molar-refractivity contribution < 1.29 is 0 Å². The van der Waals surface area contributed by atoms with Gasteiger partial charge in [-0.3, -0.25) is 0 Å². The van der Waals surface area contributed by atoms with E-state index in [1.807, 2.05) is 0 Å². The molecular formula is C43H46. The van der Waals surface area contributed by atoms with E-state index in [1.165, 1.54) is 87.7 Å². The average molecular weight is 563 g/mol. The van der Waals surface area contributed by atoms with E-state index < -0.39 is 0 Å². The number of hydrogen-bond donors (Lipinski definition) is 0. The van der Waals surface area contributed by atoms with Gasteiger partial charge in [-0.1, -0.05) is 125 Å². The van der Waals surface area contributed by atoms with Crippen LogP contribution in [-0.4, -0.2) is 0 Å². The Morgan fingerprint density at radius 2 is 1.28 bits per heavy atom. The van der Waals surface area contributed by atoms with Gasteiger partial charge in [-0.25, -0.2) is 0 Å². The zero-order valence-electron chi connectivity index (χ0n) is 27.8. The second-order valence-electron chi connectivity index (χ2n) is 14.9. The SMILES string of the molecule is Cc1ccc(C(c2ccc(C)cc2)=c2c(C(C)(C)C)c(C)c(C3=CC=CC3)c3c2=c2cc(C(C)(C)C)c(C)cc2=C3)cc1. The van der Waals surface area contributed by atoms with Gasteiger partial charge in [0.05, 0.1) is 0 Å². The van der Waals surface area contributed by atoms with E-state index in [9.17, 15) is 0 Å². The third-order valence-electron chi connectivity index (χ3n) is 9.34. The molecule has 0 radical (unpaired) electrons. The third-order valence-corrected chi connectivity index (χ3v) is 9.34. The molecule has 6 rings (SSSR count). The van der Waals surface area contributed by atoms with E-state index in [2.05, 4.69) is 154 Å². The maximum atomic E-state index is 2.52. The monoisotopic (exact) mass is 562 g/mol. The van der Waals surface area contributed by atoms with Crippen LogP contribution < -0.4 is 10.4 Å². The van der Waals surface area contributed by atoms with Crippen molar-refractivity contribution in [3.8, 4) is 0 Å². The molecular weight excluding hydrogens is 516 g/mol. The average Bonchev–Trinajstić information content (AvgIpc) is 3.57. The fourth-order valence-corrected chi connectivity index (χ4v) is 7.48. The molecule has 0 atom stereocenters. The Labute approximate surface area is 258 Å². The lowest BCUT2D eigenvalue weighted by Gasteiger charge is -2.28. The van der Waals surface area contributed by atoms with Crippen LogP contribution in [0.1, 0.15) is 104 Å². The highest BCUT2D eigenvalue weighted by molar-refractivity contribution is 5.86. The van der Waals surface area contributed by atoms with Crippen LogP contribution in [0.4, 0.5) is 0 Å². The Bertz CT molecular complexity index is 2000. The summed E-state index contributed by atoms with van der Waals surface area (Å²) in [6, 6.07) is 23.3. The summed E-state index contributed by atoms with van der Waals surface area (Å²) in [5, 5.41) is 5.50. The van der Waals surface area contributed by atoms with Crippen molar-refractivity contribution in [2.45, 2.75) is 86.5 Å². The van der Waals surface area contributed by atoms with Crippen LogP contribution in [0.15, 0.2) is 78.9 Å². The van der Waals surface area contributed by atoms with Crippen LogP contribution in [0.3, 0.4) is 0 Å². The number of benzene rings is 4. The zero-order chi connectivity index (χ0) is 30.8. The van der Waals surface area contributed by atoms with E-state index in [0.29, 0.717) is 0 Å². The first-order valence-electron chi connectivity index (χ1n) is 15.8. The van der Waals surface area contributed by atoms with Crippen molar-refractivity contribution in [3.63, 3.8) is 0 Å². The van der Waals surface area contributed by atoms with Crippen molar-refractivity contribution in [2.75, 3.05) is 0 Å². The maximum absolute atomic E-state index is 2.52. The first kappa shape index (κ1) is 29.2. The molecule has 0 amide bonds. The van der Waals surface area contributed by atoms with Gasteiger partial charge < -0.3 is 0 Å². The van der Waals surface area contributed by atoms with Crippen molar-refractivity contribution in [2.24, 2.45) is 0 Å². The van der Waals surface area contributed by atoms with Crippen molar-refractivity contribution in [1.29, 1.82) is 0 Å². The largest absolute Gasteiger partial charge is 0.0801 e. The quantitative estimate of drug-likeness (QED) is 0.205. The molecule has 0 saturated carbocycles. The van der Waals surface area contributed by atoms with Gasteiger partial charge in [-0.15, -0.1) is 0 Å². The van der Waals surface area contributed by atoms with Gasteiger partial charge >= 0.3 is 0 Å². The molecule has 0 spiro atoms. The van der Waals surface area contributed by atoms with Crippen LogP contribution in [0.5, 0.6) is 0 Å². The first-order valence-corrected chi connectivity index (χ1v) is 15.8. The van der Waals surface area contributed by atoms with Gasteiger partial charge in [0.25, 0.3) is 0 Å². The van der Waals surface area contributed by atoms with E-state index in [-0.39, 0.29) is 10.8 Å². The molecule has 2 aliphatic rings. The third kappa shape index (κ3) is 5.06. The predicted molar refractivity (Wildman–Crippen MR) is 186 cm³/mol. The number of allylic oxidation sites excluding steroid dienone is 4. The van der Waals surface area contributed by atoms with Crippen LogP contribution >= 0.6 is 0 Å². The van der Waals surface area contributed by atoms with E-state index >= 15 is 0 Å². The summed E-state index contributed by atoms with van der Waals surface area (Å²) in [5.74, 6) is 0. The summed E-state index contributed by atoms with van der Waals surface area (Å²) in [6.07, 6.45) is 10.3. The second kappa shape index (κ2) is 10.4. The van der Waals surface area contributed by atoms with Gasteiger partial charge in [0.2, 0.25) is 0 Å². The molecule has 218 valence electrons. The van der Waals surface area contributed by atoms with E-state index in [4.69, 9.17) is 0 Å². The number of aryl methyl sites for hydroxylation is 3. The van der Waals surface area contributed by atoms with Gasteiger partial charge in [-0.05, 0) is 134 Å². The highest BCUT2D eigenvalue weighted by atomic mass is 14.3. The van der Waals surface area contributed by atoms with Crippen LogP contribution in [-0.2, 0) is 10.8 Å². The van der Waals surface area contributed by atoms with Gasteiger partial charge in [0.1, 0.15) is 0 Å². The normalized spacial score (nSPS) is 14.0. The van der Waals surface area contributed by atoms with Crippen molar-refractivity contribution >= 4 is 17.2 Å². The van der Waals surface area contributed by atoms with Gasteiger partial charge in [0, 0.05) is 0 Å². The maximum Gasteiger partial charge on any atom is -0.00167 e. The Hall–Kier alpha value is -3.90. The fraction of sp³-hybridized carbons (Fsp3) is 0.302. The Morgan fingerprint density at radius 1 is 0.698 bits per heavy atom. The molecule has 0 fully saturated rings. The van der Waals surface area contributed by atoms with E-state index in [1.54, 1.807) is 0 Å². The lowest BCUT2D eigenvalue weighted by molar-refractivity contribution is 0.580. The van der Waals surface area contributed by atoms with Gasteiger partial charge in [0.15, 0.2) is 0 Å². The molecule has 0 nitrogen and oxygen atoms in total. The smallest absolute Gasteiger partial charge is 0.00167 e. The fourth-order valence-electron chi connectivity index (χ4n) is 7.48. The molecule has 0 saturated heterocycles. The minimum Gasteiger partial charge on any atom is -0.0801 e. The Morgan fingerprint density at radius 3 is 1.77 bits per heavy atom.